The van der Waals surface area contributed by atoms with Crippen LogP contribution in [0.4, 0.5) is 4.79 Å². The fourth-order valence-electron chi connectivity index (χ4n) is 3.44. The van der Waals surface area contributed by atoms with Crippen LogP contribution in [-0.4, -0.2) is 44.3 Å². The molecule has 0 aromatic carbocycles. The fraction of sp³-hybridized carbons (Fsp3) is 0.444. The molecule has 0 radical (unpaired) electrons. The van der Waals surface area contributed by atoms with Gasteiger partial charge < -0.3 is 5.32 Å². The van der Waals surface area contributed by atoms with Gasteiger partial charge in [-0.25, -0.2) is 9.78 Å². The molecule has 0 atom stereocenters. The van der Waals surface area contributed by atoms with Crippen LogP contribution in [0, 0.1) is 13.8 Å². The number of ketones is 1. The number of Topliss-reactive ketones (excluding diaryl/α,β-unsaturated/α-hetero) is 1. The number of hydrogen-bond donors (Lipinski definition) is 1. The first-order valence-corrected chi connectivity index (χ1v) is 9.48. The number of carbonyl (C=O) groups excluding carboxylic acids is 3. The van der Waals surface area contributed by atoms with Crippen molar-refractivity contribution in [2.24, 2.45) is 0 Å². The minimum atomic E-state index is -0.894. The normalized spacial score (nSPS) is 16.2. The molecular weight excluding hydrogens is 352 g/mol. The van der Waals surface area contributed by atoms with Crippen molar-refractivity contribution in [3.63, 3.8) is 0 Å². The second-order valence-electron chi connectivity index (χ2n) is 6.47. The minimum Gasteiger partial charge on any atom is -0.323 e. The second kappa shape index (κ2) is 6.68. The molecule has 138 valence electrons. The molecule has 1 N–H and O–H groups in total. The van der Waals surface area contributed by atoms with Gasteiger partial charge in [-0.1, -0.05) is 13.8 Å². The van der Waals surface area contributed by atoms with Gasteiger partial charge in [-0.05, 0) is 32.8 Å². The molecule has 0 aliphatic carbocycles. The Morgan fingerprint density at radius 1 is 1.27 bits per heavy atom. The quantitative estimate of drug-likeness (QED) is 0.622. The first-order chi connectivity index (χ1) is 12.3. The monoisotopic (exact) mass is 374 g/mol. The van der Waals surface area contributed by atoms with E-state index in [2.05, 4.69) is 10.3 Å². The molecule has 8 heteroatoms. The van der Waals surface area contributed by atoms with Gasteiger partial charge >= 0.3 is 6.03 Å². The number of imide groups is 1. The molecule has 2 aromatic rings. The number of aromatic nitrogens is 2. The van der Waals surface area contributed by atoms with E-state index in [0.717, 1.165) is 21.4 Å². The third-order valence-electron chi connectivity index (χ3n) is 5.10. The van der Waals surface area contributed by atoms with Crippen molar-refractivity contribution >= 4 is 29.1 Å². The Morgan fingerprint density at radius 3 is 2.50 bits per heavy atom. The molecule has 0 unspecified atom stereocenters. The maximum atomic E-state index is 12.8. The lowest BCUT2D eigenvalue weighted by atomic mass is 9.93. The van der Waals surface area contributed by atoms with E-state index >= 15 is 0 Å². The summed E-state index contributed by atoms with van der Waals surface area (Å²) >= 11 is 1.48. The molecule has 0 saturated carbocycles. The number of urea groups is 1. The number of nitrogens with zero attached hydrogens (tertiary/aromatic N) is 3. The summed E-state index contributed by atoms with van der Waals surface area (Å²) in [7, 11) is 0. The van der Waals surface area contributed by atoms with Gasteiger partial charge in [0.1, 0.15) is 5.54 Å². The van der Waals surface area contributed by atoms with Crippen molar-refractivity contribution in [3.8, 4) is 5.13 Å². The van der Waals surface area contributed by atoms with Gasteiger partial charge in [-0.15, -0.1) is 11.3 Å². The highest BCUT2D eigenvalue weighted by molar-refractivity contribution is 7.12. The van der Waals surface area contributed by atoms with E-state index in [1.165, 1.54) is 11.3 Å². The Bertz CT molecular complexity index is 865. The summed E-state index contributed by atoms with van der Waals surface area (Å²) in [6, 6.07) is 1.28. The standard InChI is InChI=1S/C18H22N4O3S/c1-5-18(6-2)15(24)21(16(25)20-18)10-14(23)13-9-11(3)22(12(13)4)17-19-7-8-26-17/h7-9H,5-6,10H2,1-4H3,(H,20,25). The van der Waals surface area contributed by atoms with Crippen LogP contribution in [0.2, 0.25) is 0 Å². The minimum absolute atomic E-state index is 0.255. The Labute approximate surface area is 156 Å². The van der Waals surface area contributed by atoms with Gasteiger partial charge in [0.15, 0.2) is 10.9 Å². The summed E-state index contributed by atoms with van der Waals surface area (Å²) in [6.07, 6.45) is 2.71. The van der Waals surface area contributed by atoms with Crippen molar-refractivity contribution < 1.29 is 14.4 Å². The van der Waals surface area contributed by atoms with Gasteiger partial charge in [-0.2, -0.15) is 0 Å². The third kappa shape index (κ3) is 2.74. The number of carbonyl (C=O) groups is 3. The van der Waals surface area contributed by atoms with E-state index in [1.54, 1.807) is 12.3 Å². The van der Waals surface area contributed by atoms with E-state index in [9.17, 15) is 14.4 Å². The molecule has 7 nitrogen and oxygen atoms in total. The average Bonchev–Trinajstić information content (AvgIpc) is 3.29. The van der Waals surface area contributed by atoms with Crippen LogP contribution in [0.3, 0.4) is 0 Å². The molecule has 2 aromatic heterocycles. The topological polar surface area (TPSA) is 84.3 Å². The molecule has 26 heavy (non-hydrogen) atoms. The SMILES string of the molecule is CCC1(CC)NC(=O)N(CC(=O)c2cc(C)n(-c3nccs3)c2C)C1=O. The van der Waals surface area contributed by atoms with Gasteiger partial charge in [-0.3, -0.25) is 19.1 Å². The van der Waals surface area contributed by atoms with Crippen LogP contribution in [0.1, 0.15) is 48.4 Å². The molecule has 1 saturated heterocycles. The summed E-state index contributed by atoms with van der Waals surface area (Å²) in [5, 5.41) is 5.40. The predicted octanol–water partition coefficient (Wildman–Crippen LogP) is 2.84. The van der Waals surface area contributed by atoms with Gasteiger partial charge in [0.25, 0.3) is 5.91 Å². The molecule has 0 bridgehead atoms. The summed E-state index contributed by atoms with van der Waals surface area (Å²) in [5.41, 5.74) is 1.25. The van der Waals surface area contributed by atoms with Crippen molar-refractivity contribution in [3.05, 3.63) is 34.6 Å². The van der Waals surface area contributed by atoms with E-state index in [0.29, 0.717) is 18.4 Å². The van der Waals surface area contributed by atoms with E-state index in [1.807, 2.05) is 37.6 Å². The largest absolute Gasteiger partial charge is 0.325 e. The van der Waals surface area contributed by atoms with E-state index in [4.69, 9.17) is 0 Å². The first-order valence-electron chi connectivity index (χ1n) is 8.60. The number of nitrogens with one attached hydrogen (secondary N) is 1. The molecule has 1 aliphatic heterocycles. The Morgan fingerprint density at radius 2 is 1.96 bits per heavy atom. The molecule has 1 aliphatic rings. The van der Waals surface area contributed by atoms with Gasteiger partial charge in [0, 0.05) is 28.5 Å². The van der Waals surface area contributed by atoms with Crippen molar-refractivity contribution in [1.82, 2.24) is 19.8 Å². The lowest BCUT2D eigenvalue weighted by Gasteiger charge is -2.22. The molecule has 3 heterocycles. The smallest absolute Gasteiger partial charge is 0.323 e. The van der Waals surface area contributed by atoms with Crippen LogP contribution >= 0.6 is 11.3 Å². The molecule has 0 spiro atoms. The summed E-state index contributed by atoms with van der Waals surface area (Å²) < 4.78 is 1.91. The van der Waals surface area contributed by atoms with Crippen LogP contribution < -0.4 is 5.32 Å². The zero-order valence-electron chi connectivity index (χ0n) is 15.3. The summed E-state index contributed by atoms with van der Waals surface area (Å²) in [4.78, 5) is 43.1. The zero-order chi connectivity index (χ0) is 19.1. The first kappa shape index (κ1) is 18.3. The predicted molar refractivity (Wildman–Crippen MR) is 98.8 cm³/mol. The number of rotatable bonds is 6. The zero-order valence-corrected chi connectivity index (χ0v) is 16.1. The van der Waals surface area contributed by atoms with Crippen molar-refractivity contribution in [2.75, 3.05) is 6.54 Å². The second-order valence-corrected chi connectivity index (χ2v) is 7.34. The highest BCUT2D eigenvalue weighted by Crippen LogP contribution is 2.26. The molecule has 3 amide bonds. The van der Waals surface area contributed by atoms with Crippen LogP contribution in [-0.2, 0) is 4.79 Å². The fourth-order valence-corrected chi connectivity index (χ4v) is 4.20. The number of amides is 3. The Balaban J connectivity index is 1.87. The van der Waals surface area contributed by atoms with Crippen LogP contribution in [0.15, 0.2) is 17.6 Å². The van der Waals surface area contributed by atoms with Crippen molar-refractivity contribution in [2.45, 2.75) is 46.1 Å². The van der Waals surface area contributed by atoms with Crippen LogP contribution in [0.5, 0.6) is 0 Å². The van der Waals surface area contributed by atoms with Gasteiger partial charge in [0.2, 0.25) is 0 Å². The Hall–Kier alpha value is -2.48. The lowest BCUT2D eigenvalue weighted by molar-refractivity contribution is -0.131. The summed E-state index contributed by atoms with van der Waals surface area (Å²) in [5.74, 6) is -0.581. The highest BCUT2D eigenvalue weighted by Gasteiger charge is 2.49. The molecule has 3 rings (SSSR count). The maximum absolute atomic E-state index is 12.8. The number of aryl methyl sites for hydroxylation is 1. The number of hydrogen-bond acceptors (Lipinski definition) is 5. The maximum Gasteiger partial charge on any atom is 0.325 e. The Kier molecular flexibility index (Phi) is 4.70. The molecule has 1 fully saturated rings. The van der Waals surface area contributed by atoms with Gasteiger partial charge in [0.05, 0.1) is 6.54 Å². The van der Waals surface area contributed by atoms with Crippen molar-refractivity contribution in [1.29, 1.82) is 0 Å². The van der Waals surface area contributed by atoms with E-state index < -0.39 is 11.6 Å². The number of thiazole rings is 1. The molecular formula is C18H22N4O3S. The lowest BCUT2D eigenvalue weighted by Crippen LogP contribution is -2.46. The summed E-state index contributed by atoms with van der Waals surface area (Å²) in [6.45, 7) is 7.20. The van der Waals surface area contributed by atoms with Crippen LogP contribution in [0.25, 0.3) is 5.13 Å². The third-order valence-corrected chi connectivity index (χ3v) is 5.85. The van der Waals surface area contributed by atoms with E-state index in [-0.39, 0.29) is 18.2 Å². The highest BCUT2D eigenvalue weighted by atomic mass is 32.1. The average molecular weight is 374 g/mol.